The van der Waals surface area contributed by atoms with Crippen molar-refractivity contribution < 1.29 is 10.3 Å². The second-order valence-corrected chi connectivity index (χ2v) is 9.57. The minimum absolute atomic E-state index is 0.0911. The molecule has 2 aliphatic carbocycles. The molecule has 0 spiro atoms. The second-order valence-electron chi connectivity index (χ2n) is 9.57. The molecule has 1 heterocycles. The van der Waals surface area contributed by atoms with Gasteiger partial charge in [0.25, 0.3) is 0 Å². The molecule has 0 radical (unpaired) electrons. The van der Waals surface area contributed by atoms with Crippen LogP contribution in [0.2, 0.25) is 0 Å². The molecule has 0 amide bonds. The Morgan fingerprint density at radius 1 is 1.03 bits per heavy atom. The van der Waals surface area contributed by atoms with Gasteiger partial charge in [-0.1, -0.05) is 18.1 Å². The largest absolute Gasteiger partial charge is 0.220 e. The molecule has 1 nitrogen and oxygen atoms in total. The van der Waals surface area contributed by atoms with Gasteiger partial charge in [0.1, 0.15) is 12.9 Å². The summed E-state index contributed by atoms with van der Waals surface area (Å²) in [5.74, 6) is 1.63. The molecular formula is C27H31FN+. The summed E-state index contributed by atoms with van der Waals surface area (Å²) < 4.78 is 26.4. The van der Waals surface area contributed by atoms with Gasteiger partial charge in [0.05, 0.1) is 12.3 Å². The van der Waals surface area contributed by atoms with Crippen LogP contribution in [0, 0.1) is 45.3 Å². The zero-order valence-corrected chi connectivity index (χ0v) is 18.2. The first kappa shape index (κ1) is 17.6. The van der Waals surface area contributed by atoms with E-state index in [1.54, 1.807) is 6.07 Å². The standard InChI is InChI=1S/C27H31FN/c1-15-8-16(2)18(4)22(9-15)27-24-14-26(28)25(13-21(24)10-17(3)29(27)5)23-12-19-6-7-20(23)11-19/h8-10,13-14,19-20,23H,6-7,11-12H2,1-5H3/q+1/i10D. The summed E-state index contributed by atoms with van der Waals surface area (Å²) in [6, 6.07) is 8.65. The van der Waals surface area contributed by atoms with Crippen LogP contribution in [0.1, 0.15) is 60.9 Å². The van der Waals surface area contributed by atoms with E-state index in [1.807, 2.05) is 20.0 Å². The number of nitrogens with zero attached hydrogens (tertiary/aromatic N) is 1. The number of halogens is 1. The Labute approximate surface area is 175 Å². The first-order valence-corrected chi connectivity index (χ1v) is 11.0. The van der Waals surface area contributed by atoms with Gasteiger partial charge in [0.2, 0.25) is 5.69 Å². The fourth-order valence-electron chi connectivity index (χ4n) is 6.04. The fourth-order valence-corrected chi connectivity index (χ4v) is 6.04. The van der Waals surface area contributed by atoms with Crippen molar-refractivity contribution in [3.8, 4) is 11.3 Å². The monoisotopic (exact) mass is 389 g/mol. The third-order valence-corrected chi connectivity index (χ3v) is 7.75. The molecule has 2 aliphatic rings. The van der Waals surface area contributed by atoms with Crippen molar-refractivity contribution in [2.75, 3.05) is 0 Å². The summed E-state index contributed by atoms with van der Waals surface area (Å²) in [4.78, 5) is 0. The van der Waals surface area contributed by atoms with Crippen molar-refractivity contribution in [3.63, 3.8) is 0 Å². The fraction of sp³-hybridized carbons (Fsp3) is 0.444. The van der Waals surface area contributed by atoms with Crippen molar-refractivity contribution in [2.24, 2.45) is 18.9 Å². The van der Waals surface area contributed by atoms with Crippen LogP contribution in [0.25, 0.3) is 22.0 Å². The van der Waals surface area contributed by atoms with Gasteiger partial charge in [-0.15, -0.1) is 0 Å². The van der Waals surface area contributed by atoms with Crippen LogP contribution in [0.5, 0.6) is 0 Å². The zero-order valence-electron chi connectivity index (χ0n) is 19.2. The minimum Gasteiger partial charge on any atom is -0.207 e. The Kier molecular flexibility index (Phi) is 4.04. The summed E-state index contributed by atoms with van der Waals surface area (Å²) in [6.45, 7) is 8.38. The van der Waals surface area contributed by atoms with E-state index in [0.29, 0.717) is 17.9 Å². The summed E-state index contributed by atoms with van der Waals surface area (Å²) in [6.07, 6.45) is 4.91. The molecule has 29 heavy (non-hydrogen) atoms. The summed E-state index contributed by atoms with van der Waals surface area (Å²) in [5.41, 5.74) is 7.57. The van der Waals surface area contributed by atoms with Gasteiger partial charge in [-0.05, 0) is 98.1 Å². The quantitative estimate of drug-likeness (QED) is 0.434. The average molecular weight is 390 g/mol. The highest BCUT2D eigenvalue weighted by Crippen LogP contribution is 2.53. The SMILES string of the molecule is [2H]c1c(C)[n+](C)c(-c2cc(C)cc(C)c2C)c2cc(F)c(C3CC4CCC3C4)cc12. The van der Waals surface area contributed by atoms with E-state index < -0.39 is 0 Å². The Hall–Kier alpha value is -2.22. The molecule has 2 aromatic carbocycles. The normalized spacial score (nSPS) is 23.8. The van der Waals surface area contributed by atoms with E-state index in [9.17, 15) is 0 Å². The number of benzene rings is 2. The van der Waals surface area contributed by atoms with Gasteiger partial charge in [-0.25, -0.2) is 4.39 Å². The molecule has 3 atom stereocenters. The number of hydrogen-bond donors (Lipinski definition) is 0. The Balaban J connectivity index is 1.80. The molecule has 0 N–H and O–H groups in total. The maximum Gasteiger partial charge on any atom is 0.220 e. The van der Waals surface area contributed by atoms with Crippen LogP contribution >= 0.6 is 0 Å². The van der Waals surface area contributed by atoms with Gasteiger partial charge in [-0.3, -0.25) is 0 Å². The molecule has 0 aliphatic heterocycles. The lowest BCUT2D eigenvalue weighted by atomic mass is 9.82. The van der Waals surface area contributed by atoms with Crippen LogP contribution in [0.4, 0.5) is 4.39 Å². The van der Waals surface area contributed by atoms with Crippen molar-refractivity contribution in [1.29, 1.82) is 0 Å². The van der Waals surface area contributed by atoms with E-state index >= 15 is 4.39 Å². The predicted octanol–water partition coefficient (Wildman–Crippen LogP) is 6.61. The Morgan fingerprint density at radius 3 is 2.52 bits per heavy atom. The van der Waals surface area contributed by atoms with E-state index in [4.69, 9.17) is 1.37 Å². The molecule has 0 saturated heterocycles. The number of hydrogen-bond acceptors (Lipinski definition) is 0. The van der Waals surface area contributed by atoms with Crippen LogP contribution in [-0.2, 0) is 7.05 Å². The third kappa shape index (κ3) is 2.91. The van der Waals surface area contributed by atoms with Crippen molar-refractivity contribution in [2.45, 2.75) is 59.3 Å². The van der Waals surface area contributed by atoms with E-state index in [0.717, 1.165) is 45.6 Å². The lowest BCUT2D eigenvalue weighted by Crippen LogP contribution is -2.35. The van der Waals surface area contributed by atoms with Gasteiger partial charge in [0, 0.05) is 13.0 Å². The van der Waals surface area contributed by atoms with Gasteiger partial charge in [-0.2, -0.15) is 4.57 Å². The van der Waals surface area contributed by atoms with Gasteiger partial charge < -0.3 is 0 Å². The van der Waals surface area contributed by atoms with Crippen LogP contribution in [0.3, 0.4) is 0 Å². The number of aromatic nitrogens is 1. The highest BCUT2D eigenvalue weighted by Gasteiger charge is 2.41. The topological polar surface area (TPSA) is 3.88 Å². The van der Waals surface area contributed by atoms with Gasteiger partial charge in [0.15, 0.2) is 5.69 Å². The smallest absolute Gasteiger partial charge is 0.207 e. The van der Waals surface area contributed by atoms with Crippen LogP contribution in [-0.4, -0.2) is 0 Å². The van der Waals surface area contributed by atoms with Crippen LogP contribution < -0.4 is 4.57 Å². The molecule has 150 valence electrons. The highest BCUT2D eigenvalue weighted by atomic mass is 19.1. The van der Waals surface area contributed by atoms with E-state index in [-0.39, 0.29) is 5.82 Å². The molecule has 2 saturated carbocycles. The average Bonchev–Trinajstić information content (AvgIpc) is 3.33. The molecule has 3 aromatic rings. The van der Waals surface area contributed by atoms with Crippen molar-refractivity contribution >= 4 is 10.8 Å². The summed E-state index contributed by atoms with van der Waals surface area (Å²) in [5, 5.41) is 1.74. The molecule has 5 rings (SSSR count). The van der Waals surface area contributed by atoms with E-state index in [2.05, 4.69) is 37.5 Å². The predicted molar refractivity (Wildman–Crippen MR) is 118 cm³/mol. The van der Waals surface area contributed by atoms with Crippen LogP contribution in [0.15, 0.2) is 30.3 Å². The highest BCUT2D eigenvalue weighted by molar-refractivity contribution is 5.94. The number of rotatable bonds is 2. The molecule has 2 fully saturated rings. The Bertz CT molecular complexity index is 1200. The molecule has 3 unspecified atom stereocenters. The van der Waals surface area contributed by atoms with Crippen molar-refractivity contribution in [3.05, 3.63) is 64.1 Å². The second kappa shape index (κ2) is 6.65. The lowest BCUT2D eigenvalue weighted by molar-refractivity contribution is -0.665. The molecule has 1 aromatic heterocycles. The lowest BCUT2D eigenvalue weighted by Gasteiger charge is -2.23. The Morgan fingerprint density at radius 2 is 1.83 bits per heavy atom. The number of pyridine rings is 1. The zero-order chi connectivity index (χ0) is 21.3. The van der Waals surface area contributed by atoms with Gasteiger partial charge >= 0.3 is 0 Å². The summed E-state index contributed by atoms with van der Waals surface area (Å²) in [7, 11) is 2.00. The molecule has 2 bridgehead atoms. The maximum atomic E-state index is 15.5. The third-order valence-electron chi connectivity index (χ3n) is 7.75. The minimum atomic E-state index is -0.0911. The molecular weight excluding hydrogens is 357 g/mol. The molecule has 2 heteroatoms. The number of fused-ring (bicyclic) bond motifs is 3. The number of aryl methyl sites for hydroxylation is 2. The first-order chi connectivity index (χ1) is 14.3. The first-order valence-electron chi connectivity index (χ1n) is 11.5. The summed E-state index contributed by atoms with van der Waals surface area (Å²) >= 11 is 0. The van der Waals surface area contributed by atoms with E-state index in [1.165, 1.54) is 36.0 Å². The van der Waals surface area contributed by atoms with Crippen molar-refractivity contribution in [1.82, 2.24) is 0 Å². The maximum absolute atomic E-state index is 15.5.